The molecule has 4 nitrogen and oxygen atoms in total. The van der Waals surface area contributed by atoms with E-state index in [1.165, 1.54) is 0 Å². The fourth-order valence-electron chi connectivity index (χ4n) is 0.985. The van der Waals surface area contributed by atoms with Gasteiger partial charge in [0.15, 0.2) is 6.29 Å². The third-order valence-corrected chi connectivity index (χ3v) is 1.65. The molecule has 1 aromatic carbocycles. The van der Waals surface area contributed by atoms with Crippen molar-refractivity contribution in [3.8, 4) is 6.07 Å². The van der Waals surface area contributed by atoms with Crippen LogP contribution in [-0.2, 0) is 0 Å². The fourth-order valence-corrected chi connectivity index (χ4v) is 0.985. The highest BCUT2D eigenvalue weighted by atomic mass is 19.1. The molecule has 0 aliphatic carbocycles. The minimum atomic E-state index is -0.872. The van der Waals surface area contributed by atoms with Crippen LogP contribution in [0.4, 0.5) is 4.39 Å². The van der Waals surface area contributed by atoms with Crippen LogP contribution in [0.1, 0.15) is 26.3 Å². The standard InChI is InChI=1S/C9H5FN2O2/c10-8-2-6(4-13)7(9(12)14)1-5(8)3-11/h1-2,4H,(H2,12,14). The molecular weight excluding hydrogens is 187 g/mol. The van der Waals surface area contributed by atoms with E-state index in [1.807, 2.05) is 0 Å². The van der Waals surface area contributed by atoms with Gasteiger partial charge in [0.2, 0.25) is 5.91 Å². The van der Waals surface area contributed by atoms with Gasteiger partial charge in [-0.2, -0.15) is 5.26 Å². The molecular formula is C9H5FN2O2. The number of hydrogen-bond acceptors (Lipinski definition) is 3. The average molecular weight is 192 g/mol. The summed E-state index contributed by atoms with van der Waals surface area (Å²) in [5.74, 6) is -1.72. The molecule has 70 valence electrons. The monoisotopic (exact) mass is 192 g/mol. The maximum atomic E-state index is 12.9. The van der Waals surface area contributed by atoms with Crippen molar-refractivity contribution in [1.29, 1.82) is 5.26 Å². The number of amides is 1. The largest absolute Gasteiger partial charge is 0.366 e. The average Bonchev–Trinajstić information content (AvgIpc) is 2.16. The lowest BCUT2D eigenvalue weighted by molar-refractivity contribution is 0.0993. The van der Waals surface area contributed by atoms with E-state index in [9.17, 15) is 14.0 Å². The molecule has 0 aliphatic rings. The van der Waals surface area contributed by atoms with Crippen LogP contribution >= 0.6 is 0 Å². The smallest absolute Gasteiger partial charge is 0.249 e. The van der Waals surface area contributed by atoms with Crippen molar-refractivity contribution >= 4 is 12.2 Å². The van der Waals surface area contributed by atoms with E-state index in [1.54, 1.807) is 6.07 Å². The Labute approximate surface area is 78.7 Å². The number of hydrogen-bond donors (Lipinski definition) is 1. The molecule has 0 fully saturated rings. The summed E-state index contributed by atoms with van der Waals surface area (Å²) in [5.41, 5.74) is 4.31. The Morgan fingerprint density at radius 3 is 2.64 bits per heavy atom. The number of nitriles is 1. The van der Waals surface area contributed by atoms with Crippen molar-refractivity contribution in [1.82, 2.24) is 0 Å². The molecule has 1 amide bonds. The lowest BCUT2D eigenvalue weighted by Gasteiger charge is -2.01. The Bertz CT molecular complexity index is 449. The van der Waals surface area contributed by atoms with Crippen molar-refractivity contribution in [3.05, 3.63) is 34.6 Å². The highest BCUT2D eigenvalue weighted by Crippen LogP contribution is 2.13. The second kappa shape index (κ2) is 3.66. The van der Waals surface area contributed by atoms with Gasteiger partial charge in [-0.25, -0.2) is 4.39 Å². The predicted octanol–water partition coefficient (Wildman–Crippen LogP) is 0.609. The Morgan fingerprint density at radius 2 is 2.21 bits per heavy atom. The molecule has 0 spiro atoms. The first-order valence-corrected chi connectivity index (χ1v) is 3.58. The Morgan fingerprint density at radius 1 is 1.57 bits per heavy atom. The molecule has 14 heavy (non-hydrogen) atoms. The molecule has 2 N–H and O–H groups in total. The van der Waals surface area contributed by atoms with Crippen LogP contribution in [0.5, 0.6) is 0 Å². The molecule has 0 saturated carbocycles. The number of nitrogens with zero attached hydrogens (tertiary/aromatic N) is 1. The molecule has 0 unspecified atom stereocenters. The number of halogens is 1. The minimum Gasteiger partial charge on any atom is -0.366 e. The minimum absolute atomic E-state index is 0.155. The Hall–Kier alpha value is -2.22. The molecule has 0 heterocycles. The van der Waals surface area contributed by atoms with Gasteiger partial charge in [0.25, 0.3) is 0 Å². The topological polar surface area (TPSA) is 83.9 Å². The van der Waals surface area contributed by atoms with Crippen molar-refractivity contribution < 1.29 is 14.0 Å². The number of aldehydes is 1. The van der Waals surface area contributed by atoms with Gasteiger partial charge in [-0.1, -0.05) is 0 Å². The lowest BCUT2D eigenvalue weighted by atomic mass is 10.0. The van der Waals surface area contributed by atoms with Gasteiger partial charge >= 0.3 is 0 Å². The predicted molar refractivity (Wildman–Crippen MR) is 45.0 cm³/mol. The zero-order chi connectivity index (χ0) is 10.7. The van der Waals surface area contributed by atoms with Gasteiger partial charge in [0.1, 0.15) is 11.9 Å². The second-order valence-electron chi connectivity index (χ2n) is 2.51. The van der Waals surface area contributed by atoms with Crippen LogP contribution in [0.3, 0.4) is 0 Å². The Kier molecular flexibility index (Phi) is 2.58. The van der Waals surface area contributed by atoms with Crippen molar-refractivity contribution in [2.45, 2.75) is 0 Å². The quantitative estimate of drug-likeness (QED) is 0.696. The summed E-state index contributed by atoms with van der Waals surface area (Å²) in [6.45, 7) is 0. The van der Waals surface area contributed by atoms with E-state index in [2.05, 4.69) is 0 Å². The highest BCUT2D eigenvalue weighted by Gasteiger charge is 2.12. The molecule has 0 bridgehead atoms. The molecule has 5 heteroatoms. The summed E-state index contributed by atoms with van der Waals surface area (Å²) >= 11 is 0. The zero-order valence-corrected chi connectivity index (χ0v) is 6.95. The SMILES string of the molecule is N#Cc1cc(C(N)=O)c(C=O)cc1F. The van der Waals surface area contributed by atoms with Crippen molar-refractivity contribution in [3.63, 3.8) is 0 Å². The van der Waals surface area contributed by atoms with Gasteiger partial charge < -0.3 is 5.73 Å². The summed E-state index contributed by atoms with van der Waals surface area (Å²) < 4.78 is 12.9. The summed E-state index contributed by atoms with van der Waals surface area (Å²) in [4.78, 5) is 21.2. The number of rotatable bonds is 2. The van der Waals surface area contributed by atoms with Crippen LogP contribution in [0.2, 0.25) is 0 Å². The van der Waals surface area contributed by atoms with E-state index < -0.39 is 11.7 Å². The first kappa shape index (κ1) is 9.86. The molecule has 0 radical (unpaired) electrons. The second-order valence-corrected chi connectivity index (χ2v) is 2.51. The van der Waals surface area contributed by atoms with Crippen LogP contribution < -0.4 is 5.73 Å². The third-order valence-electron chi connectivity index (χ3n) is 1.65. The van der Waals surface area contributed by atoms with E-state index in [0.717, 1.165) is 12.1 Å². The summed E-state index contributed by atoms with van der Waals surface area (Å²) in [7, 11) is 0. The fraction of sp³-hybridized carbons (Fsp3) is 0. The molecule has 0 aromatic heterocycles. The number of primary amides is 1. The normalized spacial score (nSPS) is 9.14. The van der Waals surface area contributed by atoms with Crippen LogP contribution in [0, 0.1) is 17.1 Å². The summed E-state index contributed by atoms with van der Waals surface area (Å²) in [6.07, 6.45) is 0.310. The van der Waals surface area contributed by atoms with Gasteiger partial charge in [-0.05, 0) is 12.1 Å². The maximum Gasteiger partial charge on any atom is 0.249 e. The molecule has 0 atom stereocenters. The molecule has 1 rings (SSSR count). The number of carbonyl (C=O) groups excluding carboxylic acids is 2. The van der Waals surface area contributed by atoms with E-state index in [0.29, 0.717) is 6.29 Å². The number of carbonyl (C=O) groups is 2. The van der Waals surface area contributed by atoms with Crippen molar-refractivity contribution in [2.24, 2.45) is 5.73 Å². The van der Waals surface area contributed by atoms with Gasteiger partial charge in [0.05, 0.1) is 11.1 Å². The van der Waals surface area contributed by atoms with E-state index in [-0.39, 0.29) is 16.7 Å². The molecule has 0 saturated heterocycles. The van der Waals surface area contributed by atoms with E-state index in [4.69, 9.17) is 11.0 Å². The van der Waals surface area contributed by atoms with Crippen LogP contribution in [0.25, 0.3) is 0 Å². The maximum absolute atomic E-state index is 12.9. The van der Waals surface area contributed by atoms with Gasteiger partial charge in [0, 0.05) is 5.56 Å². The van der Waals surface area contributed by atoms with Gasteiger partial charge in [-0.3, -0.25) is 9.59 Å². The first-order chi connectivity index (χ1) is 6.60. The van der Waals surface area contributed by atoms with Crippen LogP contribution in [-0.4, -0.2) is 12.2 Å². The third kappa shape index (κ3) is 1.59. The number of nitrogens with two attached hydrogens (primary N) is 1. The molecule has 0 aliphatic heterocycles. The highest BCUT2D eigenvalue weighted by molar-refractivity contribution is 6.00. The summed E-state index contributed by atoms with van der Waals surface area (Å²) in [6, 6.07) is 3.31. The molecule has 1 aromatic rings. The summed E-state index contributed by atoms with van der Waals surface area (Å²) in [5, 5.41) is 8.46. The Balaban J connectivity index is 3.49. The van der Waals surface area contributed by atoms with Crippen LogP contribution in [0.15, 0.2) is 12.1 Å². The van der Waals surface area contributed by atoms with E-state index >= 15 is 0 Å². The first-order valence-electron chi connectivity index (χ1n) is 3.58. The zero-order valence-electron chi connectivity index (χ0n) is 6.95. The number of benzene rings is 1. The van der Waals surface area contributed by atoms with Crippen molar-refractivity contribution in [2.75, 3.05) is 0 Å². The van der Waals surface area contributed by atoms with Gasteiger partial charge in [-0.15, -0.1) is 0 Å². The lowest BCUT2D eigenvalue weighted by Crippen LogP contribution is -2.14.